The summed E-state index contributed by atoms with van der Waals surface area (Å²) < 4.78 is 3.90. The molecule has 3 aromatic carbocycles. The quantitative estimate of drug-likeness (QED) is 0.323. The summed E-state index contributed by atoms with van der Waals surface area (Å²) in [6, 6.07) is 28.0. The van der Waals surface area contributed by atoms with Gasteiger partial charge in [-0.05, 0) is 49.2 Å². The van der Waals surface area contributed by atoms with E-state index < -0.39 is 0 Å². The van der Waals surface area contributed by atoms with E-state index in [1.54, 1.807) is 0 Å². The summed E-state index contributed by atoms with van der Waals surface area (Å²) in [5.74, 6) is 0. The molecule has 0 unspecified atom stereocenters. The van der Waals surface area contributed by atoms with Gasteiger partial charge in [-0.25, -0.2) is 9.59 Å². The number of piperidine rings is 1. The zero-order valence-corrected chi connectivity index (χ0v) is 23.0. The van der Waals surface area contributed by atoms with E-state index >= 15 is 0 Å². The first-order chi connectivity index (χ1) is 19.1. The fourth-order valence-electron chi connectivity index (χ4n) is 5.77. The third-order valence-corrected chi connectivity index (χ3v) is 8.05. The van der Waals surface area contributed by atoms with E-state index in [0.29, 0.717) is 19.6 Å². The van der Waals surface area contributed by atoms with Gasteiger partial charge in [0.05, 0.1) is 17.1 Å². The molecule has 0 saturated carbocycles. The zero-order valence-electron chi connectivity index (χ0n) is 23.0. The van der Waals surface area contributed by atoms with E-state index in [1.165, 1.54) is 0 Å². The van der Waals surface area contributed by atoms with Gasteiger partial charge in [-0.15, -0.1) is 0 Å². The smallest absolute Gasteiger partial charge is 0.327 e. The van der Waals surface area contributed by atoms with Crippen LogP contribution in [0.25, 0.3) is 11.0 Å². The maximum absolute atomic E-state index is 13.7. The summed E-state index contributed by atoms with van der Waals surface area (Å²) in [5.41, 5.74) is 4.13. The lowest BCUT2D eigenvalue weighted by Gasteiger charge is -2.34. The van der Waals surface area contributed by atoms with E-state index in [0.717, 1.165) is 54.6 Å². The summed E-state index contributed by atoms with van der Waals surface area (Å²) in [4.78, 5) is 31.3. The van der Waals surface area contributed by atoms with Crippen LogP contribution >= 0.6 is 0 Å². The number of likely N-dealkylation sites (tertiary alicyclic amines) is 1. The number of nitrogens with zero attached hydrogens (tertiary/aromatic N) is 4. The maximum atomic E-state index is 13.7. The highest BCUT2D eigenvalue weighted by atomic mass is 16.2. The number of imidazole rings is 1. The van der Waals surface area contributed by atoms with E-state index in [9.17, 15) is 9.59 Å². The fourth-order valence-corrected chi connectivity index (χ4v) is 5.77. The number of urea groups is 1. The van der Waals surface area contributed by atoms with Gasteiger partial charge < -0.3 is 15.1 Å². The van der Waals surface area contributed by atoms with Gasteiger partial charge >= 0.3 is 11.7 Å². The molecule has 2 heterocycles. The molecular weight excluding hydrogens is 486 g/mol. The summed E-state index contributed by atoms with van der Waals surface area (Å²) >= 11 is 0. The fraction of sp³-hybridized carbons (Fsp3) is 0.375. The van der Waals surface area contributed by atoms with Crippen molar-refractivity contribution in [1.29, 1.82) is 0 Å². The van der Waals surface area contributed by atoms with Crippen LogP contribution in [-0.4, -0.2) is 57.7 Å². The Labute approximate surface area is 230 Å². The third kappa shape index (κ3) is 5.78. The minimum Gasteiger partial charge on any atom is -0.327 e. The number of aromatic nitrogens is 2. The van der Waals surface area contributed by atoms with Crippen molar-refractivity contribution in [3.63, 3.8) is 0 Å². The Kier molecular flexibility index (Phi) is 8.47. The maximum Gasteiger partial charge on any atom is 0.329 e. The van der Waals surface area contributed by atoms with Crippen molar-refractivity contribution in [2.45, 2.75) is 45.3 Å². The highest BCUT2D eigenvalue weighted by molar-refractivity contribution is 5.77. The van der Waals surface area contributed by atoms with Gasteiger partial charge in [0, 0.05) is 32.2 Å². The lowest BCUT2D eigenvalue weighted by Crippen LogP contribution is -2.46. The van der Waals surface area contributed by atoms with Crippen LogP contribution in [-0.2, 0) is 6.54 Å². The first-order valence-electron chi connectivity index (χ1n) is 14.2. The minimum absolute atomic E-state index is 0.0551. The number of likely N-dealkylation sites (N-methyl/N-ethyl adjacent to an activating group) is 1. The van der Waals surface area contributed by atoms with Crippen LogP contribution in [0.5, 0.6) is 0 Å². The van der Waals surface area contributed by atoms with Crippen molar-refractivity contribution in [3.8, 4) is 0 Å². The minimum atomic E-state index is -0.218. The van der Waals surface area contributed by atoms with E-state index in [1.807, 2.05) is 99.0 Å². The molecule has 0 aliphatic carbocycles. The van der Waals surface area contributed by atoms with Crippen molar-refractivity contribution < 1.29 is 4.79 Å². The zero-order chi connectivity index (χ0) is 27.2. The largest absolute Gasteiger partial charge is 0.329 e. The molecule has 7 heteroatoms. The summed E-state index contributed by atoms with van der Waals surface area (Å²) in [7, 11) is 0. The van der Waals surface area contributed by atoms with Crippen LogP contribution in [0, 0.1) is 0 Å². The van der Waals surface area contributed by atoms with Gasteiger partial charge in [0.25, 0.3) is 0 Å². The summed E-state index contributed by atoms with van der Waals surface area (Å²) in [6.45, 7) is 9.00. The second-order valence-corrected chi connectivity index (χ2v) is 10.2. The van der Waals surface area contributed by atoms with Gasteiger partial charge in [0.1, 0.15) is 0 Å². The van der Waals surface area contributed by atoms with Crippen LogP contribution in [0.3, 0.4) is 0 Å². The number of benzene rings is 3. The molecule has 1 aliphatic heterocycles. The van der Waals surface area contributed by atoms with Crippen LogP contribution in [0.15, 0.2) is 89.7 Å². The Bertz CT molecular complexity index is 1380. The molecule has 204 valence electrons. The topological polar surface area (TPSA) is 62.5 Å². The second kappa shape index (κ2) is 12.3. The Hall–Kier alpha value is -3.84. The predicted molar refractivity (Wildman–Crippen MR) is 157 cm³/mol. The van der Waals surface area contributed by atoms with Crippen LogP contribution in [0.2, 0.25) is 0 Å². The average molecular weight is 526 g/mol. The molecule has 39 heavy (non-hydrogen) atoms. The molecule has 2 amide bonds. The molecule has 4 aromatic rings. The monoisotopic (exact) mass is 525 g/mol. The molecule has 7 nitrogen and oxygen atoms in total. The number of rotatable bonds is 9. The first-order valence-corrected chi connectivity index (χ1v) is 14.2. The molecule has 1 saturated heterocycles. The van der Waals surface area contributed by atoms with Crippen LogP contribution in [0.4, 0.5) is 4.79 Å². The molecule has 0 radical (unpaired) electrons. The normalized spacial score (nSPS) is 14.4. The Morgan fingerprint density at radius 1 is 0.846 bits per heavy atom. The van der Waals surface area contributed by atoms with Gasteiger partial charge in [-0.3, -0.25) is 9.13 Å². The second-order valence-electron chi connectivity index (χ2n) is 10.2. The van der Waals surface area contributed by atoms with Gasteiger partial charge in [-0.2, -0.15) is 0 Å². The van der Waals surface area contributed by atoms with Crippen molar-refractivity contribution in [2.75, 3.05) is 32.7 Å². The average Bonchev–Trinajstić information content (AvgIpc) is 3.28. The van der Waals surface area contributed by atoms with Gasteiger partial charge in [-0.1, -0.05) is 86.6 Å². The van der Waals surface area contributed by atoms with Crippen molar-refractivity contribution in [3.05, 3.63) is 107 Å². The van der Waals surface area contributed by atoms with E-state index in [2.05, 4.69) is 24.1 Å². The third-order valence-electron chi connectivity index (χ3n) is 8.05. The number of carbonyl (C=O) groups excluding carboxylic acids is 1. The van der Waals surface area contributed by atoms with Gasteiger partial charge in [0.2, 0.25) is 0 Å². The molecular formula is C32H39N5O2. The van der Waals surface area contributed by atoms with Crippen molar-refractivity contribution >= 4 is 17.1 Å². The first kappa shape index (κ1) is 26.8. The Morgan fingerprint density at radius 3 is 1.95 bits per heavy atom. The number of para-hydroxylation sites is 2. The van der Waals surface area contributed by atoms with E-state index in [-0.39, 0.29) is 23.8 Å². The highest BCUT2D eigenvalue weighted by Crippen LogP contribution is 2.27. The molecule has 0 bridgehead atoms. The lowest BCUT2D eigenvalue weighted by molar-refractivity contribution is 0.169. The number of fused-ring (bicyclic) bond motifs is 1. The molecule has 0 atom stereocenters. The van der Waals surface area contributed by atoms with Crippen LogP contribution in [0.1, 0.15) is 49.9 Å². The number of hydrogen-bond donors (Lipinski definition) is 1. The summed E-state index contributed by atoms with van der Waals surface area (Å²) in [5, 5.41) is 3.27. The molecule has 1 aromatic heterocycles. The molecule has 1 aliphatic rings. The number of carbonyl (C=O) groups is 1. The standard InChI is InChI=1S/C32H39N5O2/c1-3-34(4-2)23-24-36-28-17-11-12-18-29(28)37(32(36)39)27-19-21-35(22-20-27)31(38)33-30(25-13-7-5-8-14-25)26-15-9-6-10-16-26/h5-18,27,30H,3-4,19-24H2,1-2H3,(H,33,38). The Balaban J connectivity index is 1.30. The molecule has 5 rings (SSSR count). The van der Waals surface area contributed by atoms with E-state index in [4.69, 9.17) is 0 Å². The number of nitrogens with one attached hydrogen (secondary N) is 1. The number of amides is 2. The van der Waals surface area contributed by atoms with Crippen molar-refractivity contribution in [1.82, 2.24) is 24.3 Å². The molecule has 1 fully saturated rings. The molecule has 1 N–H and O–H groups in total. The number of hydrogen-bond acceptors (Lipinski definition) is 3. The Morgan fingerprint density at radius 2 is 1.38 bits per heavy atom. The molecule has 0 spiro atoms. The SMILES string of the molecule is CCN(CC)CCn1c(=O)n(C2CCN(C(=O)NC(c3ccccc3)c3ccccc3)CC2)c2ccccc21. The van der Waals surface area contributed by atoms with Crippen molar-refractivity contribution in [2.24, 2.45) is 0 Å². The predicted octanol–water partition coefficient (Wildman–Crippen LogP) is 5.28. The van der Waals surface area contributed by atoms with Gasteiger partial charge in [0.15, 0.2) is 0 Å². The lowest BCUT2D eigenvalue weighted by atomic mass is 9.99. The highest BCUT2D eigenvalue weighted by Gasteiger charge is 2.28. The summed E-state index contributed by atoms with van der Waals surface area (Å²) in [6.07, 6.45) is 1.50. The van der Waals surface area contributed by atoms with Crippen LogP contribution < -0.4 is 11.0 Å².